The van der Waals surface area contributed by atoms with Gasteiger partial charge in [0, 0.05) is 5.54 Å². The lowest BCUT2D eigenvalue weighted by Crippen LogP contribution is -2.37. The van der Waals surface area contributed by atoms with Crippen LogP contribution in [0.25, 0.3) is 0 Å². The lowest BCUT2D eigenvalue weighted by atomic mass is 9.94. The summed E-state index contributed by atoms with van der Waals surface area (Å²) in [7, 11) is 0. The van der Waals surface area contributed by atoms with Crippen molar-refractivity contribution in [1.82, 2.24) is 0 Å². The molecule has 1 rings (SSSR count). The number of alkyl halides is 1. The number of rotatable bonds is 2. The van der Waals surface area contributed by atoms with E-state index in [1.54, 1.807) is 26.0 Å². The Labute approximate surface area is 72.4 Å². The molecule has 0 radical (unpaired) electrons. The summed E-state index contributed by atoms with van der Waals surface area (Å²) in [6, 6.07) is 8.99. The van der Waals surface area contributed by atoms with Crippen molar-refractivity contribution in [3.05, 3.63) is 35.9 Å². The van der Waals surface area contributed by atoms with Crippen molar-refractivity contribution in [2.45, 2.75) is 25.6 Å². The normalized spacial score (nSPS) is 14.3. The minimum absolute atomic E-state index is 0.644. The lowest BCUT2D eigenvalue weighted by Gasteiger charge is -2.23. The molecule has 0 heterocycles. The van der Waals surface area contributed by atoms with E-state index in [4.69, 9.17) is 5.73 Å². The SMILES string of the molecule is CC(C)(N)C(F)c1ccccc1. The Balaban J connectivity index is 2.86. The summed E-state index contributed by atoms with van der Waals surface area (Å²) < 4.78 is 13.5. The van der Waals surface area contributed by atoms with Crippen LogP contribution in [0.3, 0.4) is 0 Å². The second-order valence-corrected chi connectivity index (χ2v) is 3.59. The predicted molar refractivity (Wildman–Crippen MR) is 48.6 cm³/mol. The van der Waals surface area contributed by atoms with Gasteiger partial charge in [-0.2, -0.15) is 0 Å². The third-order valence-electron chi connectivity index (χ3n) is 1.75. The molecule has 1 unspecified atom stereocenters. The van der Waals surface area contributed by atoms with Gasteiger partial charge in [0.2, 0.25) is 0 Å². The monoisotopic (exact) mass is 167 g/mol. The van der Waals surface area contributed by atoms with Crippen molar-refractivity contribution in [3.8, 4) is 0 Å². The highest BCUT2D eigenvalue weighted by molar-refractivity contribution is 5.20. The standard InChI is InChI=1S/C10H14FN/c1-10(2,12)9(11)8-6-4-3-5-7-8/h3-7,9H,12H2,1-2H3. The van der Waals surface area contributed by atoms with Gasteiger partial charge in [0.25, 0.3) is 0 Å². The van der Waals surface area contributed by atoms with Gasteiger partial charge in [0.05, 0.1) is 0 Å². The van der Waals surface area contributed by atoms with Crippen LogP contribution in [-0.4, -0.2) is 5.54 Å². The molecule has 2 N–H and O–H groups in total. The van der Waals surface area contributed by atoms with E-state index in [2.05, 4.69) is 0 Å². The first-order chi connectivity index (χ1) is 5.52. The van der Waals surface area contributed by atoms with Crippen molar-refractivity contribution in [2.24, 2.45) is 5.73 Å². The number of halogens is 1. The minimum Gasteiger partial charge on any atom is -0.323 e. The average Bonchev–Trinajstić information content (AvgIpc) is 2.03. The molecule has 1 nitrogen and oxygen atoms in total. The number of hydrogen-bond acceptors (Lipinski definition) is 1. The summed E-state index contributed by atoms with van der Waals surface area (Å²) in [6.45, 7) is 3.37. The van der Waals surface area contributed by atoms with E-state index in [0.717, 1.165) is 0 Å². The summed E-state index contributed by atoms with van der Waals surface area (Å²) >= 11 is 0. The third kappa shape index (κ3) is 2.05. The Morgan fingerprint density at radius 2 is 1.75 bits per heavy atom. The highest BCUT2D eigenvalue weighted by atomic mass is 19.1. The zero-order valence-electron chi connectivity index (χ0n) is 7.42. The van der Waals surface area contributed by atoms with Gasteiger partial charge in [0.1, 0.15) is 6.17 Å². The fraction of sp³-hybridized carbons (Fsp3) is 0.400. The van der Waals surface area contributed by atoms with E-state index in [0.29, 0.717) is 5.56 Å². The molecule has 0 spiro atoms. The Kier molecular flexibility index (Phi) is 2.48. The van der Waals surface area contributed by atoms with Gasteiger partial charge in [0.15, 0.2) is 0 Å². The van der Waals surface area contributed by atoms with Crippen molar-refractivity contribution in [1.29, 1.82) is 0 Å². The molecule has 2 heteroatoms. The number of nitrogens with two attached hydrogens (primary N) is 1. The second-order valence-electron chi connectivity index (χ2n) is 3.59. The van der Waals surface area contributed by atoms with Gasteiger partial charge in [-0.3, -0.25) is 0 Å². The largest absolute Gasteiger partial charge is 0.323 e. The van der Waals surface area contributed by atoms with Gasteiger partial charge in [-0.1, -0.05) is 30.3 Å². The van der Waals surface area contributed by atoms with Gasteiger partial charge in [-0.05, 0) is 19.4 Å². The van der Waals surface area contributed by atoms with Crippen LogP contribution in [0.15, 0.2) is 30.3 Å². The molecule has 0 fully saturated rings. The smallest absolute Gasteiger partial charge is 0.142 e. The van der Waals surface area contributed by atoms with Crippen molar-refractivity contribution >= 4 is 0 Å². The highest BCUT2D eigenvalue weighted by Crippen LogP contribution is 2.26. The first-order valence-electron chi connectivity index (χ1n) is 3.99. The summed E-state index contributed by atoms with van der Waals surface area (Å²) in [6.07, 6.45) is -1.10. The maximum absolute atomic E-state index is 13.5. The Morgan fingerprint density at radius 1 is 1.25 bits per heavy atom. The van der Waals surface area contributed by atoms with Crippen molar-refractivity contribution in [3.63, 3.8) is 0 Å². The fourth-order valence-corrected chi connectivity index (χ4v) is 1.05. The molecule has 0 saturated carbocycles. The molecule has 1 aromatic carbocycles. The molecule has 0 aromatic heterocycles. The van der Waals surface area contributed by atoms with Gasteiger partial charge < -0.3 is 5.73 Å². The van der Waals surface area contributed by atoms with E-state index in [1.165, 1.54) is 0 Å². The average molecular weight is 167 g/mol. The van der Waals surface area contributed by atoms with Crippen LogP contribution in [-0.2, 0) is 0 Å². The quantitative estimate of drug-likeness (QED) is 0.719. The second kappa shape index (κ2) is 3.23. The zero-order valence-corrected chi connectivity index (χ0v) is 7.42. The van der Waals surface area contributed by atoms with E-state index in [1.807, 2.05) is 18.2 Å². The molecule has 0 amide bonds. The van der Waals surface area contributed by atoms with Crippen LogP contribution >= 0.6 is 0 Å². The molecule has 0 bridgehead atoms. The number of hydrogen-bond donors (Lipinski definition) is 1. The Bertz CT molecular complexity index is 238. The molecule has 0 aliphatic heterocycles. The summed E-state index contributed by atoms with van der Waals surface area (Å²) in [4.78, 5) is 0. The van der Waals surface area contributed by atoms with Crippen molar-refractivity contribution < 1.29 is 4.39 Å². The zero-order chi connectivity index (χ0) is 9.19. The molecule has 0 aliphatic carbocycles. The molecule has 0 aliphatic rings. The Morgan fingerprint density at radius 3 is 2.17 bits per heavy atom. The highest BCUT2D eigenvalue weighted by Gasteiger charge is 2.25. The van der Waals surface area contributed by atoms with Gasteiger partial charge in [-0.15, -0.1) is 0 Å². The topological polar surface area (TPSA) is 26.0 Å². The van der Waals surface area contributed by atoms with Crippen molar-refractivity contribution in [2.75, 3.05) is 0 Å². The van der Waals surface area contributed by atoms with E-state index in [9.17, 15) is 4.39 Å². The first kappa shape index (κ1) is 9.20. The van der Waals surface area contributed by atoms with Crippen LogP contribution in [0.5, 0.6) is 0 Å². The van der Waals surface area contributed by atoms with E-state index >= 15 is 0 Å². The summed E-state index contributed by atoms with van der Waals surface area (Å²) in [5.41, 5.74) is 5.48. The first-order valence-corrected chi connectivity index (χ1v) is 3.99. The Hall–Kier alpha value is -0.890. The maximum atomic E-state index is 13.5. The molecule has 12 heavy (non-hydrogen) atoms. The molecule has 1 aromatic rings. The molecule has 66 valence electrons. The van der Waals surface area contributed by atoms with Crippen LogP contribution in [0.4, 0.5) is 4.39 Å². The number of benzene rings is 1. The van der Waals surface area contributed by atoms with Crippen LogP contribution < -0.4 is 5.73 Å². The van der Waals surface area contributed by atoms with Gasteiger partial charge in [-0.25, -0.2) is 4.39 Å². The van der Waals surface area contributed by atoms with Crippen LogP contribution in [0, 0.1) is 0 Å². The molecular weight excluding hydrogens is 153 g/mol. The molecule has 0 saturated heterocycles. The van der Waals surface area contributed by atoms with Gasteiger partial charge >= 0.3 is 0 Å². The molecular formula is C10H14FN. The third-order valence-corrected chi connectivity index (χ3v) is 1.75. The van der Waals surface area contributed by atoms with E-state index in [-0.39, 0.29) is 0 Å². The molecule has 1 atom stereocenters. The minimum atomic E-state index is -1.10. The summed E-state index contributed by atoms with van der Waals surface area (Å²) in [5, 5.41) is 0. The van der Waals surface area contributed by atoms with E-state index < -0.39 is 11.7 Å². The fourth-order valence-electron chi connectivity index (χ4n) is 1.05. The van der Waals surface area contributed by atoms with Crippen LogP contribution in [0.1, 0.15) is 25.6 Å². The predicted octanol–water partition coefficient (Wildman–Crippen LogP) is 2.43. The van der Waals surface area contributed by atoms with Crippen LogP contribution in [0.2, 0.25) is 0 Å². The lowest BCUT2D eigenvalue weighted by molar-refractivity contribution is 0.223. The summed E-state index contributed by atoms with van der Waals surface area (Å²) in [5.74, 6) is 0. The maximum Gasteiger partial charge on any atom is 0.142 e.